The first kappa shape index (κ1) is 25.5. The molecular formula is C26H39N3O3S. The quantitative estimate of drug-likeness (QED) is 0.413. The molecule has 182 valence electrons. The third-order valence-corrected chi connectivity index (χ3v) is 7.52. The molecule has 0 saturated heterocycles. The highest BCUT2D eigenvalue weighted by atomic mass is 32.2. The van der Waals surface area contributed by atoms with Gasteiger partial charge in [0.15, 0.2) is 0 Å². The van der Waals surface area contributed by atoms with Crippen molar-refractivity contribution in [2.24, 2.45) is 17.8 Å². The fourth-order valence-corrected chi connectivity index (χ4v) is 5.19. The summed E-state index contributed by atoms with van der Waals surface area (Å²) in [7, 11) is -1.39. The van der Waals surface area contributed by atoms with Crippen molar-refractivity contribution in [2.75, 3.05) is 35.6 Å². The number of pyridine rings is 1. The molecule has 7 heteroatoms. The molecule has 1 aliphatic carbocycles. The Morgan fingerprint density at radius 1 is 1.21 bits per heavy atom. The molecule has 1 saturated carbocycles. The van der Waals surface area contributed by atoms with Crippen LogP contribution in [0.5, 0.6) is 0 Å². The average Bonchev–Trinajstić information content (AvgIpc) is 3.46. The molecule has 1 aliphatic rings. The number of unbranched alkanes of at least 4 members (excludes halogenated alkanes) is 1. The van der Waals surface area contributed by atoms with Crippen LogP contribution in [0.15, 0.2) is 42.5 Å². The Morgan fingerprint density at radius 2 is 1.94 bits per heavy atom. The summed E-state index contributed by atoms with van der Waals surface area (Å²) in [6, 6.07) is 14.2. The van der Waals surface area contributed by atoms with Gasteiger partial charge in [0, 0.05) is 20.2 Å². The van der Waals surface area contributed by atoms with Crippen LogP contribution in [0.2, 0.25) is 0 Å². The second kappa shape index (κ2) is 11.8. The van der Waals surface area contributed by atoms with E-state index < -0.39 is 10.0 Å². The Bertz CT molecular complexity index is 982. The largest absolute Gasteiger partial charge is 0.376 e. The lowest BCUT2D eigenvalue weighted by atomic mass is 10.0. The van der Waals surface area contributed by atoms with Gasteiger partial charge >= 0.3 is 0 Å². The van der Waals surface area contributed by atoms with Gasteiger partial charge in [-0.2, -0.15) is 0 Å². The van der Waals surface area contributed by atoms with Crippen molar-refractivity contribution in [3.63, 3.8) is 0 Å². The molecule has 0 aliphatic heterocycles. The summed E-state index contributed by atoms with van der Waals surface area (Å²) in [6.07, 6.45) is 3.66. The van der Waals surface area contributed by atoms with E-state index in [9.17, 15) is 8.42 Å². The fourth-order valence-electron chi connectivity index (χ4n) is 4.00. The third-order valence-electron chi connectivity index (χ3n) is 6.17. The van der Waals surface area contributed by atoms with Gasteiger partial charge in [-0.1, -0.05) is 57.5 Å². The number of anilines is 2. The molecule has 3 atom stereocenters. The van der Waals surface area contributed by atoms with Crippen LogP contribution in [0, 0.1) is 17.8 Å². The molecule has 1 aromatic heterocycles. The average molecular weight is 474 g/mol. The van der Waals surface area contributed by atoms with Crippen LogP contribution >= 0.6 is 0 Å². The zero-order valence-corrected chi connectivity index (χ0v) is 21.3. The highest BCUT2D eigenvalue weighted by Crippen LogP contribution is 2.38. The number of rotatable bonds is 14. The standard InChI is InChI=1S/C26H39N3O3S/c1-5-6-12-33(30,31)28-25-15-23(16-26(27-25)29(4)17-24-14-21(24)3)19-32-18-20(2)13-22-10-8-7-9-11-22/h7-11,15-16,20-21,24H,5-6,12-14,17-19H2,1-4H3,(H,27,28). The van der Waals surface area contributed by atoms with Crippen LogP contribution in [0.25, 0.3) is 0 Å². The van der Waals surface area contributed by atoms with Crippen LogP contribution in [-0.4, -0.2) is 39.4 Å². The number of benzene rings is 1. The Hall–Kier alpha value is -2.12. The third kappa shape index (κ3) is 8.63. The van der Waals surface area contributed by atoms with E-state index in [0.717, 1.165) is 36.7 Å². The van der Waals surface area contributed by atoms with E-state index in [2.05, 4.69) is 52.7 Å². The number of nitrogens with zero attached hydrogens (tertiary/aromatic N) is 2. The molecule has 0 radical (unpaired) electrons. The summed E-state index contributed by atoms with van der Waals surface area (Å²) in [6.45, 7) is 8.42. The summed E-state index contributed by atoms with van der Waals surface area (Å²) in [4.78, 5) is 6.74. The summed E-state index contributed by atoms with van der Waals surface area (Å²) in [5.41, 5.74) is 2.23. The molecule has 3 rings (SSSR count). The summed E-state index contributed by atoms with van der Waals surface area (Å²) < 4.78 is 33.6. The smallest absolute Gasteiger partial charge is 0.233 e. The SMILES string of the molecule is CCCCS(=O)(=O)Nc1cc(COCC(C)Cc2ccccc2)cc(N(C)CC2CC2C)n1. The van der Waals surface area contributed by atoms with Gasteiger partial charge in [0.2, 0.25) is 10.0 Å². The van der Waals surface area contributed by atoms with Crippen molar-refractivity contribution in [1.29, 1.82) is 0 Å². The van der Waals surface area contributed by atoms with Gasteiger partial charge in [0.1, 0.15) is 11.6 Å². The van der Waals surface area contributed by atoms with E-state index in [1.807, 2.05) is 26.1 Å². The Labute approximate surface area is 199 Å². The van der Waals surface area contributed by atoms with Gasteiger partial charge in [-0.15, -0.1) is 0 Å². The van der Waals surface area contributed by atoms with Crippen LogP contribution in [-0.2, 0) is 27.8 Å². The van der Waals surface area contributed by atoms with Crippen molar-refractivity contribution < 1.29 is 13.2 Å². The highest BCUT2D eigenvalue weighted by molar-refractivity contribution is 7.92. The topological polar surface area (TPSA) is 71.5 Å². The number of hydrogen-bond acceptors (Lipinski definition) is 5. The molecule has 33 heavy (non-hydrogen) atoms. The second-order valence-electron chi connectivity index (χ2n) is 9.66. The summed E-state index contributed by atoms with van der Waals surface area (Å²) in [5, 5.41) is 0. The molecule has 0 spiro atoms. The van der Waals surface area contributed by atoms with Crippen LogP contribution in [0.3, 0.4) is 0 Å². The van der Waals surface area contributed by atoms with Crippen molar-refractivity contribution in [3.8, 4) is 0 Å². The monoisotopic (exact) mass is 473 g/mol. The van der Waals surface area contributed by atoms with Crippen LogP contribution in [0.1, 0.15) is 51.2 Å². The van der Waals surface area contributed by atoms with E-state index >= 15 is 0 Å². The van der Waals surface area contributed by atoms with Gasteiger partial charge in [-0.05, 0) is 60.3 Å². The second-order valence-corrected chi connectivity index (χ2v) is 11.5. The molecule has 0 amide bonds. The zero-order chi connectivity index (χ0) is 23.8. The number of nitrogens with one attached hydrogen (secondary N) is 1. The lowest BCUT2D eigenvalue weighted by molar-refractivity contribution is 0.0922. The van der Waals surface area contributed by atoms with Crippen LogP contribution in [0.4, 0.5) is 11.6 Å². The molecule has 1 N–H and O–H groups in total. The number of hydrogen-bond donors (Lipinski definition) is 1. The molecule has 6 nitrogen and oxygen atoms in total. The van der Waals surface area contributed by atoms with E-state index in [4.69, 9.17) is 4.74 Å². The van der Waals surface area contributed by atoms with Crippen molar-refractivity contribution >= 4 is 21.7 Å². The maximum absolute atomic E-state index is 12.5. The Balaban J connectivity index is 1.65. The minimum atomic E-state index is -3.42. The molecule has 1 heterocycles. The van der Waals surface area contributed by atoms with Crippen LogP contribution < -0.4 is 9.62 Å². The van der Waals surface area contributed by atoms with Gasteiger partial charge < -0.3 is 9.64 Å². The predicted octanol–water partition coefficient (Wildman–Crippen LogP) is 5.11. The van der Waals surface area contributed by atoms with Crippen molar-refractivity contribution in [3.05, 3.63) is 53.6 Å². The fraction of sp³-hybridized carbons (Fsp3) is 0.577. The van der Waals surface area contributed by atoms with Gasteiger partial charge in [0.25, 0.3) is 0 Å². The summed E-state index contributed by atoms with van der Waals surface area (Å²) in [5.74, 6) is 3.07. The number of sulfonamides is 1. The minimum absolute atomic E-state index is 0.105. The predicted molar refractivity (Wildman–Crippen MR) is 136 cm³/mol. The summed E-state index contributed by atoms with van der Waals surface area (Å²) >= 11 is 0. The number of ether oxygens (including phenoxy) is 1. The Kier molecular flexibility index (Phi) is 9.15. The molecule has 1 fully saturated rings. The lowest BCUT2D eigenvalue weighted by Gasteiger charge is -2.21. The first-order valence-electron chi connectivity index (χ1n) is 12.1. The van der Waals surface area contributed by atoms with E-state index in [1.54, 1.807) is 6.07 Å². The highest BCUT2D eigenvalue weighted by Gasteiger charge is 2.33. The number of aromatic nitrogens is 1. The zero-order valence-electron chi connectivity index (χ0n) is 20.5. The van der Waals surface area contributed by atoms with E-state index in [-0.39, 0.29) is 5.75 Å². The van der Waals surface area contributed by atoms with Crippen molar-refractivity contribution in [1.82, 2.24) is 4.98 Å². The Morgan fingerprint density at radius 3 is 2.61 bits per heavy atom. The van der Waals surface area contributed by atoms with Gasteiger partial charge in [-0.25, -0.2) is 13.4 Å². The maximum Gasteiger partial charge on any atom is 0.233 e. The molecule has 2 aromatic rings. The molecule has 1 aromatic carbocycles. The molecular weight excluding hydrogens is 434 g/mol. The normalized spacial score (nSPS) is 18.7. The first-order valence-corrected chi connectivity index (χ1v) is 13.7. The van der Waals surface area contributed by atoms with Gasteiger partial charge in [-0.3, -0.25) is 4.72 Å². The molecule has 3 unspecified atom stereocenters. The van der Waals surface area contributed by atoms with Gasteiger partial charge in [0.05, 0.1) is 12.4 Å². The minimum Gasteiger partial charge on any atom is -0.376 e. The van der Waals surface area contributed by atoms with E-state index in [1.165, 1.54) is 12.0 Å². The van der Waals surface area contributed by atoms with E-state index in [0.29, 0.717) is 37.3 Å². The van der Waals surface area contributed by atoms with Crippen molar-refractivity contribution in [2.45, 2.75) is 53.1 Å². The maximum atomic E-state index is 12.5. The first-order chi connectivity index (χ1) is 15.8. The molecule has 0 bridgehead atoms. The lowest BCUT2D eigenvalue weighted by Crippen LogP contribution is -2.23.